The molecule has 1 aliphatic rings. The molecule has 7 nitrogen and oxygen atoms in total. The van der Waals surface area contributed by atoms with Crippen molar-refractivity contribution in [1.82, 2.24) is 15.1 Å². The molecule has 0 bridgehead atoms. The largest absolute Gasteiger partial charge is 0.493 e. The number of guanidine groups is 1. The molecule has 2 rings (SSSR count). The maximum absolute atomic E-state index is 5.58. The van der Waals surface area contributed by atoms with Crippen molar-refractivity contribution in [3.63, 3.8) is 0 Å². The minimum Gasteiger partial charge on any atom is -0.493 e. The molecule has 158 valence electrons. The first kappa shape index (κ1) is 22.3. The van der Waals surface area contributed by atoms with Gasteiger partial charge in [0.2, 0.25) is 0 Å². The van der Waals surface area contributed by atoms with Crippen LogP contribution in [0.3, 0.4) is 0 Å². The van der Waals surface area contributed by atoms with Gasteiger partial charge in [-0.15, -0.1) is 0 Å². The molecule has 0 radical (unpaired) electrons. The Morgan fingerprint density at radius 3 is 2.75 bits per heavy atom. The van der Waals surface area contributed by atoms with E-state index in [1.54, 1.807) is 7.11 Å². The molecule has 1 heterocycles. The molecule has 0 unspecified atom stereocenters. The van der Waals surface area contributed by atoms with Crippen molar-refractivity contribution in [1.29, 1.82) is 0 Å². The van der Waals surface area contributed by atoms with Crippen molar-refractivity contribution in [3.8, 4) is 11.5 Å². The second kappa shape index (κ2) is 12.5. The number of hydrogen-bond donors (Lipinski definition) is 2. The van der Waals surface area contributed by atoms with Crippen LogP contribution in [0.25, 0.3) is 0 Å². The fraction of sp³-hybridized carbons (Fsp3) is 0.667. The van der Waals surface area contributed by atoms with E-state index < -0.39 is 0 Å². The number of ether oxygens (including phenoxy) is 2. The summed E-state index contributed by atoms with van der Waals surface area (Å²) in [5.41, 5.74) is 0.926. The molecule has 0 aromatic heterocycles. The number of aliphatic imine (C=N–C) groups is 1. The van der Waals surface area contributed by atoms with Crippen molar-refractivity contribution in [2.24, 2.45) is 4.99 Å². The van der Waals surface area contributed by atoms with Crippen LogP contribution in [-0.4, -0.2) is 82.3 Å². The van der Waals surface area contributed by atoms with Gasteiger partial charge in [-0.2, -0.15) is 0 Å². The van der Waals surface area contributed by atoms with Crippen LogP contribution in [0, 0.1) is 0 Å². The Kier molecular flexibility index (Phi) is 9.93. The van der Waals surface area contributed by atoms with Crippen molar-refractivity contribution in [2.75, 3.05) is 71.9 Å². The smallest absolute Gasteiger partial charge is 0.195 e. The number of nitrogens with zero attached hydrogens (tertiary/aromatic N) is 3. The van der Waals surface area contributed by atoms with Gasteiger partial charge < -0.3 is 29.9 Å². The first-order valence-electron chi connectivity index (χ1n) is 10.4. The molecule has 2 N–H and O–H groups in total. The Bertz CT molecular complexity index is 608. The molecule has 1 saturated heterocycles. The fourth-order valence-corrected chi connectivity index (χ4v) is 3.27. The Hall–Kier alpha value is -1.99. The van der Waals surface area contributed by atoms with E-state index >= 15 is 0 Å². The number of hydrogen-bond acceptors (Lipinski definition) is 5. The highest BCUT2D eigenvalue weighted by Crippen LogP contribution is 2.30. The van der Waals surface area contributed by atoms with Crippen molar-refractivity contribution < 1.29 is 9.47 Å². The predicted molar refractivity (Wildman–Crippen MR) is 117 cm³/mol. The minimum absolute atomic E-state index is 0.612. The van der Waals surface area contributed by atoms with E-state index in [0.29, 0.717) is 12.4 Å². The predicted octanol–water partition coefficient (Wildman–Crippen LogP) is 2.50. The Morgan fingerprint density at radius 1 is 1.14 bits per heavy atom. The lowest BCUT2D eigenvalue weighted by Gasteiger charge is -2.19. The number of likely N-dealkylation sites (N-methyl/N-ethyl adjacent to an activating group) is 1. The summed E-state index contributed by atoms with van der Waals surface area (Å²) in [5.74, 6) is 2.26. The molecular formula is C21H37N5O2. The lowest BCUT2D eigenvalue weighted by molar-refractivity contribution is 0.275. The van der Waals surface area contributed by atoms with Gasteiger partial charge in [-0.1, -0.05) is 0 Å². The molecule has 0 aliphatic carbocycles. The molecule has 0 spiro atoms. The summed E-state index contributed by atoms with van der Waals surface area (Å²) in [4.78, 5) is 9.70. The van der Waals surface area contributed by atoms with Crippen LogP contribution in [0.4, 0.5) is 5.69 Å². The number of benzene rings is 1. The maximum atomic E-state index is 5.58. The molecular weight excluding hydrogens is 354 g/mol. The van der Waals surface area contributed by atoms with Crippen LogP contribution >= 0.6 is 0 Å². The quantitative estimate of drug-likeness (QED) is 0.383. The average molecular weight is 392 g/mol. The van der Waals surface area contributed by atoms with Crippen LogP contribution in [0.15, 0.2) is 23.2 Å². The van der Waals surface area contributed by atoms with Crippen LogP contribution in [0.2, 0.25) is 0 Å². The van der Waals surface area contributed by atoms with Crippen LogP contribution < -0.4 is 20.1 Å². The number of nitrogens with one attached hydrogen (secondary N) is 2. The van der Waals surface area contributed by atoms with Crippen LogP contribution in [-0.2, 0) is 0 Å². The third-order valence-corrected chi connectivity index (χ3v) is 4.78. The van der Waals surface area contributed by atoms with E-state index in [-0.39, 0.29) is 0 Å². The van der Waals surface area contributed by atoms with Gasteiger partial charge in [0.1, 0.15) is 0 Å². The van der Waals surface area contributed by atoms with E-state index in [1.807, 2.05) is 25.1 Å². The minimum atomic E-state index is 0.612. The molecule has 0 saturated carbocycles. The zero-order chi connectivity index (χ0) is 20.2. The second-order valence-electron chi connectivity index (χ2n) is 7.04. The van der Waals surface area contributed by atoms with Crippen LogP contribution in [0.5, 0.6) is 11.5 Å². The lowest BCUT2D eigenvalue weighted by atomic mass is 10.2. The molecule has 1 aliphatic heterocycles. The van der Waals surface area contributed by atoms with Gasteiger partial charge in [0.15, 0.2) is 17.5 Å². The van der Waals surface area contributed by atoms with E-state index in [2.05, 4.69) is 34.4 Å². The Balaban J connectivity index is 1.87. The standard InChI is InChI=1S/C21H37N5O2/c1-5-22-21(23-11-7-13-26-14-8-12-25(3)15-16-26)24-18-9-10-19(28-6-2)20(17-18)27-4/h9-10,17H,5-8,11-16H2,1-4H3,(H2,22,23,24). The van der Waals surface area contributed by atoms with Gasteiger partial charge in [0.25, 0.3) is 0 Å². The van der Waals surface area contributed by atoms with Gasteiger partial charge in [-0.05, 0) is 65.5 Å². The molecule has 7 heteroatoms. The molecule has 0 atom stereocenters. The highest BCUT2D eigenvalue weighted by atomic mass is 16.5. The SMILES string of the molecule is CCNC(=NCCCN1CCCN(C)CC1)Nc1ccc(OCC)c(OC)c1. The van der Waals surface area contributed by atoms with E-state index in [1.165, 1.54) is 19.5 Å². The van der Waals surface area contributed by atoms with Gasteiger partial charge in [0, 0.05) is 37.9 Å². The van der Waals surface area contributed by atoms with Crippen LogP contribution in [0.1, 0.15) is 26.7 Å². The Morgan fingerprint density at radius 2 is 2.00 bits per heavy atom. The number of rotatable bonds is 9. The van der Waals surface area contributed by atoms with Crippen molar-refractivity contribution in [3.05, 3.63) is 18.2 Å². The summed E-state index contributed by atoms with van der Waals surface area (Å²) in [7, 11) is 3.86. The van der Waals surface area contributed by atoms with E-state index in [0.717, 1.165) is 56.5 Å². The van der Waals surface area contributed by atoms with Crippen molar-refractivity contribution >= 4 is 11.6 Å². The number of methoxy groups -OCH3 is 1. The lowest BCUT2D eigenvalue weighted by Crippen LogP contribution is -2.32. The first-order chi connectivity index (χ1) is 13.7. The molecule has 28 heavy (non-hydrogen) atoms. The van der Waals surface area contributed by atoms with Gasteiger partial charge in [-0.25, -0.2) is 0 Å². The van der Waals surface area contributed by atoms with Gasteiger partial charge in [0.05, 0.1) is 13.7 Å². The molecule has 1 aromatic rings. The summed E-state index contributed by atoms with van der Waals surface area (Å²) >= 11 is 0. The molecule has 0 amide bonds. The third kappa shape index (κ3) is 7.56. The average Bonchev–Trinajstić information content (AvgIpc) is 2.90. The van der Waals surface area contributed by atoms with E-state index in [4.69, 9.17) is 14.5 Å². The topological polar surface area (TPSA) is 61.4 Å². The zero-order valence-electron chi connectivity index (χ0n) is 18.0. The summed E-state index contributed by atoms with van der Waals surface area (Å²) in [6, 6.07) is 5.84. The second-order valence-corrected chi connectivity index (χ2v) is 7.04. The fourth-order valence-electron chi connectivity index (χ4n) is 3.27. The van der Waals surface area contributed by atoms with Gasteiger partial charge in [-0.3, -0.25) is 4.99 Å². The summed E-state index contributed by atoms with van der Waals surface area (Å²) in [6.07, 6.45) is 2.32. The Labute approximate surface area is 170 Å². The molecule has 1 fully saturated rings. The maximum Gasteiger partial charge on any atom is 0.195 e. The van der Waals surface area contributed by atoms with Crippen molar-refractivity contribution in [2.45, 2.75) is 26.7 Å². The summed E-state index contributed by atoms with van der Waals surface area (Å²) < 4.78 is 11.0. The monoisotopic (exact) mass is 391 g/mol. The first-order valence-corrected chi connectivity index (χ1v) is 10.4. The number of anilines is 1. The van der Waals surface area contributed by atoms with Gasteiger partial charge >= 0.3 is 0 Å². The molecule has 1 aromatic carbocycles. The highest BCUT2D eigenvalue weighted by Gasteiger charge is 2.11. The third-order valence-electron chi connectivity index (χ3n) is 4.78. The highest BCUT2D eigenvalue weighted by molar-refractivity contribution is 5.93. The van der Waals surface area contributed by atoms with E-state index in [9.17, 15) is 0 Å². The normalized spacial score (nSPS) is 16.5. The summed E-state index contributed by atoms with van der Waals surface area (Å²) in [6.45, 7) is 12.1. The zero-order valence-corrected chi connectivity index (χ0v) is 18.0. The summed E-state index contributed by atoms with van der Waals surface area (Å²) in [5, 5.41) is 6.67.